The van der Waals surface area contributed by atoms with Crippen LogP contribution >= 0.6 is 0 Å². The Morgan fingerprint density at radius 2 is 2.40 bits per heavy atom. The Kier molecular flexibility index (Phi) is 3.28. The molecule has 1 aromatic rings. The van der Waals surface area contributed by atoms with Gasteiger partial charge in [-0.25, -0.2) is 0 Å². The van der Waals surface area contributed by atoms with Crippen LogP contribution in [0, 0.1) is 5.92 Å². The third kappa shape index (κ3) is 2.12. The predicted molar refractivity (Wildman–Crippen MR) is 73.0 cm³/mol. The van der Waals surface area contributed by atoms with Crippen molar-refractivity contribution in [2.45, 2.75) is 44.4 Å². The number of nitrogens with two attached hydrogens (primary N) is 1. The molecule has 1 saturated heterocycles. The third-order valence-corrected chi connectivity index (χ3v) is 4.70. The Balaban J connectivity index is 1.86. The molecule has 3 rings (SSSR count). The Bertz CT molecular complexity index is 513. The first-order chi connectivity index (χ1) is 9.51. The number of hydrogen-bond acceptors (Lipinski definition) is 5. The molecule has 20 heavy (non-hydrogen) atoms. The maximum Gasteiger partial charge on any atom is 0.234 e. The first-order valence-corrected chi connectivity index (χ1v) is 7.36. The lowest BCUT2D eigenvalue weighted by molar-refractivity contribution is -0.119. The van der Waals surface area contributed by atoms with Crippen LogP contribution in [-0.2, 0) is 10.2 Å². The highest BCUT2D eigenvalue weighted by Crippen LogP contribution is 2.49. The zero-order valence-corrected chi connectivity index (χ0v) is 12.1. The molecular weight excluding hydrogens is 256 g/mol. The maximum atomic E-state index is 11.1. The fraction of sp³-hybridized carbons (Fsp3) is 0.786. The average Bonchev–Trinajstić information content (AvgIpc) is 2.98. The monoisotopic (exact) mass is 278 g/mol. The number of carbonyl (C=O) groups excluding carboxylic acids is 1. The highest BCUT2D eigenvalue weighted by Gasteiger charge is 2.54. The number of primary amides is 1. The summed E-state index contributed by atoms with van der Waals surface area (Å²) in [6, 6.07) is 0. The summed E-state index contributed by atoms with van der Waals surface area (Å²) in [6.07, 6.45) is 3.41. The van der Waals surface area contributed by atoms with E-state index in [1.54, 1.807) is 0 Å². The maximum absolute atomic E-state index is 11.1. The zero-order valence-electron chi connectivity index (χ0n) is 12.1. The summed E-state index contributed by atoms with van der Waals surface area (Å²) in [4.78, 5) is 17.9. The highest BCUT2D eigenvalue weighted by atomic mass is 16.5. The van der Waals surface area contributed by atoms with Gasteiger partial charge in [-0.1, -0.05) is 25.4 Å². The van der Waals surface area contributed by atoms with E-state index >= 15 is 0 Å². The summed E-state index contributed by atoms with van der Waals surface area (Å²) >= 11 is 0. The van der Waals surface area contributed by atoms with E-state index in [-0.39, 0.29) is 17.2 Å². The molecule has 0 unspecified atom stereocenters. The molecule has 0 aromatic carbocycles. The van der Waals surface area contributed by atoms with Crippen LogP contribution in [0.5, 0.6) is 0 Å². The third-order valence-electron chi connectivity index (χ3n) is 4.70. The average molecular weight is 278 g/mol. The van der Waals surface area contributed by atoms with Gasteiger partial charge in [-0.2, -0.15) is 4.98 Å². The summed E-state index contributed by atoms with van der Waals surface area (Å²) in [6.45, 7) is 6.16. The van der Waals surface area contributed by atoms with E-state index in [2.05, 4.69) is 28.9 Å². The lowest BCUT2D eigenvalue weighted by Gasteiger charge is -2.24. The lowest BCUT2D eigenvalue weighted by atomic mass is 9.80. The molecular formula is C14H22N4O2. The minimum Gasteiger partial charge on any atom is -0.369 e. The number of fused-ring (bicyclic) bond motifs is 1. The van der Waals surface area contributed by atoms with E-state index in [4.69, 9.17) is 10.3 Å². The van der Waals surface area contributed by atoms with E-state index in [1.165, 1.54) is 6.42 Å². The van der Waals surface area contributed by atoms with Crippen LogP contribution in [0.25, 0.3) is 0 Å². The van der Waals surface area contributed by atoms with E-state index < -0.39 is 0 Å². The van der Waals surface area contributed by atoms with Crippen molar-refractivity contribution in [3.63, 3.8) is 0 Å². The summed E-state index contributed by atoms with van der Waals surface area (Å²) in [5, 5.41) is 4.11. The molecule has 6 heteroatoms. The van der Waals surface area contributed by atoms with Gasteiger partial charge < -0.3 is 10.3 Å². The van der Waals surface area contributed by atoms with E-state index in [9.17, 15) is 4.79 Å². The van der Waals surface area contributed by atoms with Crippen molar-refractivity contribution in [1.82, 2.24) is 15.0 Å². The Hall–Kier alpha value is -1.43. The van der Waals surface area contributed by atoms with Gasteiger partial charge in [0.25, 0.3) is 0 Å². The molecule has 6 nitrogen and oxygen atoms in total. The Morgan fingerprint density at radius 1 is 1.60 bits per heavy atom. The van der Waals surface area contributed by atoms with Crippen molar-refractivity contribution in [3.05, 3.63) is 11.7 Å². The molecule has 1 saturated carbocycles. The van der Waals surface area contributed by atoms with Gasteiger partial charge in [-0.3, -0.25) is 9.69 Å². The number of likely N-dealkylation sites (tertiary alicyclic amines) is 1. The lowest BCUT2D eigenvalue weighted by Crippen LogP contribution is -2.36. The molecule has 2 aliphatic rings. The van der Waals surface area contributed by atoms with Gasteiger partial charge in [0.05, 0.1) is 12.0 Å². The number of nitrogens with zero attached hydrogens (tertiary/aromatic N) is 3. The second kappa shape index (κ2) is 4.84. The number of aromatic nitrogens is 2. The van der Waals surface area contributed by atoms with Crippen LogP contribution in [0.3, 0.4) is 0 Å². The molecule has 1 amide bonds. The van der Waals surface area contributed by atoms with Crippen molar-refractivity contribution in [3.8, 4) is 0 Å². The van der Waals surface area contributed by atoms with Crippen molar-refractivity contribution in [1.29, 1.82) is 0 Å². The molecule has 0 spiro atoms. The number of carbonyl (C=O) groups is 1. The fourth-order valence-corrected chi connectivity index (χ4v) is 3.76. The van der Waals surface area contributed by atoms with Crippen LogP contribution in [0.4, 0.5) is 0 Å². The van der Waals surface area contributed by atoms with E-state index in [0.29, 0.717) is 12.5 Å². The van der Waals surface area contributed by atoms with E-state index in [1.807, 2.05) is 0 Å². The van der Waals surface area contributed by atoms with Gasteiger partial charge in [0.2, 0.25) is 11.8 Å². The topological polar surface area (TPSA) is 85.3 Å². The van der Waals surface area contributed by atoms with Gasteiger partial charge >= 0.3 is 0 Å². The van der Waals surface area contributed by atoms with Gasteiger partial charge in [-0.15, -0.1) is 0 Å². The van der Waals surface area contributed by atoms with Gasteiger partial charge in [0, 0.05) is 19.0 Å². The van der Waals surface area contributed by atoms with Crippen molar-refractivity contribution in [2.75, 3.05) is 19.6 Å². The minimum atomic E-state index is -0.270. The molecule has 2 N–H and O–H groups in total. The fourth-order valence-electron chi connectivity index (χ4n) is 3.76. The molecule has 0 radical (unpaired) electrons. The SMILES string of the molecule is CC(C)c1noc([C@@]23CCC[C@@H]2CN(CC(N)=O)C3)n1. The summed E-state index contributed by atoms with van der Waals surface area (Å²) in [7, 11) is 0. The number of amides is 1. The van der Waals surface area contributed by atoms with Crippen LogP contribution in [-0.4, -0.2) is 40.6 Å². The highest BCUT2D eigenvalue weighted by molar-refractivity contribution is 5.76. The van der Waals surface area contributed by atoms with Gasteiger partial charge in [-0.05, 0) is 18.8 Å². The zero-order chi connectivity index (χ0) is 14.3. The molecule has 1 aromatic heterocycles. The molecule has 2 atom stereocenters. The first-order valence-electron chi connectivity index (χ1n) is 7.36. The van der Waals surface area contributed by atoms with Crippen LogP contribution in [0.15, 0.2) is 4.52 Å². The standard InChI is InChI=1S/C14H22N4O2/c1-9(2)12-16-13(20-17-12)14-5-3-4-10(14)6-18(8-14)7-11(15)19/h9-10H,3-8H2,1-2H3,(H2,15,19)/t10-,14-/m1/s1. The molecule has 2 heterocycles. The normalized spacial score (nSPS) is 30.1. The van der Waals surface area contributed by atoms with Gasteiger partial charge in [0.1, 0.15) is 0 Å². The van der Waals surface area contributed by atoms with Crippen LogP contribution in [0.2, 0.25) is 0 Å². The number of rotatable bonds is 4. The van der Waals surface area contributed by atoms with Gasteiger partial charge in [0.15, 0.2) is 5.82 Å². The van der Waals surface area contributed by atoms with Crippen LogP contribution < -0.4 is 5.73 Å². The predicted octanol–water partition coefficient (Wildman–Crippen LogP) is 1.03. The number of hydrogen-bond donors (Lipinski definition) is 1. The summed E-state index contributed by atoms with van der Waals surface area (Å²) in [5.74, 6) is 2.03. The second-order valence-electron chi connectivity index (χ2n) is 6.49. The molecule has 110 valence electrons. The quantitative estimate of drug-likeness (QED) is 0.889. The molecule has 1 aliphatic heterocycles. The Morgan fingerprint density at radius 3 is 3.05 bits per heavy atom. The largest absolute Gasteiger partial charge is 0.369 e. The van der Waals surface area contributed by atoms with Crippen molar-refractivity contribution >= 4 is 5.91 Å². The second-order valence-corrected chi connectivity index (χ2v) is 6.49. The minimum absolute atomic E-state index is 0.0599. The Labute approximate surface area is 118 Å². The van der Waals surface area contributed by atoms with Crippen molar-refractivity contribution < 1.29 is 9.32 Å². The summed E-state index contributed by atoms with van der Waals surface area (Å²) < 4.78 is 5.56. The first kappa shape index (κ1) is 13.5. The smallest absolute Gasteiger partial charge is 0.234 e. The molecule has 0 bridgehead atoms. The molecule has 2 fully saturated rings. The van der Waals surface area contributed by atoms with Crippen molar-refractivity contribution in [2.24, 2.45) is 11.7 Å². The molecule has 1 aliphatic carbocycles. The summed E-state index contributed by atoms with van der Waals surface area (Å²) in [5.41, 5.74) is 5.26. The van der Waals surface area contributed by atoms with E-state index in [0.717, 1.165) is 37.6 Å². The van der Waals surface area contributed by atoms with Crippen LogP contribution in [0.1, 0.15) is 50.7 Å².